The van der Waals surface area contributed by atoms with Gasteiger partial charge in [0.2, 0.25) is 5.95 Å². The minimum atomic E-state index is -0.876. The van der Waals surface area contributed by atoms with Crippen LogP contribution in [-0.2, 0) is 16.1 Å². The van der Waals surface area contributed by atoms with E-state index in [-0.39, 0.29) is 24.7 Å². The fraction of sp³-hybridized carbons (Fsp3) is 0.500. The molecule has 9 heteroatoms. The number of aliphatic carboxylic acids is 2. The largest absolute Gasteiger partial charge is 0.481 e. The van der Waals surface area contributed by atoms with Gasteiger partial charge in [0, 0.05) is 19.4 Å². The van der Waals surface area contributed by atoms with E-state index >= 15 is 0 Å². The first-order valence-electron chi connectivity index (χ1n) is 7.32. The van der Waals surface area contributed by atoms with Crippen LogP contribution >= 0.6 is 0 Å². The molecule has 9 nitrogen and oxygen atoms in total. The van der Waals surface area contributed by atoms with Gasteiger partial charge in [0.1, 0.15) is 5.52 Å². The van der Waals surface area contributed by atoms with E-state index in [2.05, 4.69) is 15.0 Å². The Hall–Kier alpha value is -2.71. The van der Waals surface area contributed by atoms with Crippen LogP contribution in [0, 0.1) is 5.92 Å². The Labute approximate surface area is 132 Å². The van der Waals surface area contributed by atoms with Gasteiger partial charge in [-0.15, -0.1) is 0 Å². The van der Waals surface area contributed by atoms with Crippen molar-refractivity contribution in [3.63, 3.8) is 0 Å². The number of hydrogen-bond acceptors (Lipinski definition) is 6. The van der Waals surface area contributed by atoms with Crippen LogP contribution in [0.5, 0.6) is 0 Å². The highest BCUT2D eigenvalue weighted by Gasteiger charge is 2.14. The third kappa shape index (κ3) is 4.90. The molecule has 0 radical (unpaired) electrons. The molecule has 0 aromatic carbocycles. The molecular weight excluding hydrogens is 302 g/mol. The Balaban J connectivity index is 2.01. The molecule has 0 fully saturated rings. The van der Waals surface area contributed by atoms with Gasteiger partial charge in [-0.3, -0.25) is 9.59 Å². The third-order valence-corrected chi connectivity index (χ3v) is 3.69. The highest BCUT2D eigenvalue weighted by molar-refractivity contribution is 5.70. The molecule has 0 bridgehead atoms. The van der Waals surface area contributed by atoms with E-state index in [4.69, 9.17) is 15.9 Å². The van der Waals surface area contributed by atoms with Crippen molar-refractivity contribution in [2.45, 2.75) is 38.6 Å². The zero-order valence-corrected chi connectivity index (χ0v) is 12.6. The van der Waals surface area contributed by atoms with E-state index in [9.17, 15) is 9.59 Å². The fourth-order valence-corrected chi connectivity index (χ4v) is 2.44. The number of fused-ring (bicyclic) bond motifs is 1. The van der Waals surface area contributed by atoms with Crippen LogP contribution in [0.2, 0.25) is 0 Å². The van der Waals surface area contributed by atoms with Crippen LogP contribution in [-0.4, -0.2) is 41.7 Å². The second-order valence-electron chi connectivity index (χ2n) is 5.39. The summed E-state index contributed by atoms with van der Waals surface area (Å²) in [5, 5.41) is 17.6. The number of rotatable bonds is 9. The van der Waals surface area contributed by atoms with Gasteiger partial charge >= 0.3 is 11.9 Å². The number of carbonyl (C=O) groups is 2. The van der Waals surface area contributed by atoms with Gasteiger partial charge in [-0.2, -0.15) is 4.98 Å². The summed E-state index contributed by atoms with van der Waals surface area (Å²) in [5.41, 5.74) is 6.83. The maximum absolute atomic E-state index is 10.7. The minimum absolute atomic E-state index is 0.0128. The summed E-state index contributed by atoms with van der Waals surface area (Å²) in [4.78, 5) is 33.6. The van der Waals surface area contributed by atoms with E-state index in [1.807, 2.05) is 4.57 Å². The number of hydrogen-bond donors (Lipinski definition) is 3. The molecule has 0 saturated heterocycles. The zero-order chi connectivity index (χ0) is 16.8. The molecule has 0 amide bonds. The monoisotopic (exact) mass is 321 g/mol. The van der Waals surface area contributed by atoms with Crippen molar-refractivity contribution in [1.29, 1.82) is 0 Å². The maximum atomic E-state index is 10.7. The van der Waals surface area contributed by atoms with E-state index in [1.165, 1.54) is 0 Å². The number of nitrogens with two attached hydrogens (primary N) is 1. The van der Waals surface area contributed by atoms with Gasteiger partial charge in [-0.05, 0) is 25.2 Å². The van der Waals surface area contributed by atoms with Crippen LogP contribution in [0.4, 0.5) is 5.95 Å². The predicted octanol–water partition coefficient (Wildman–Crippen LogP) is 1.14. The number of carboxylic acids is 2. The summed E-state index contributed by atoms with van der Waals surface area (Å²) in [7, 11) is 0. The topological polar surface area (TPSA) is 144 Å². The quantitative estimate of drug-likeness (QED) is 0.623. The molecule has 0 spiro atoms. The van der Waals surface area contributed by atoms with Gasteiger partial charge in [-0.1, -0.05) is 0 Å². The molecule has 0 aliphatic rings. The molecular formula is C14H19N5O4. The Kier molecular flexibility index (Phi) is 5.45. The van der Waals surface area contributed by atoms with Crippen LogP contribution in [0.15, 0.2) is 12.5 Å². The molecule has 2 aromatic heterocycles. The lowest BCUT2D eigenvalue weighted by atomic mass is 9.94. The van der Waals surface area contributed by atoms with E-state index in [1.54, 1.807) is 12.5 Å². The molecule has 2 heterocycles. The molecule has 124 valence electrons. The SMILES string of the molecule is Nc1ncc2ncn(CCC(CCC(=O)O)CCC(=O)O)c2n1. The highest BCUT2D eigenvalue weighted by Crippen LogP contribution is 2.20. The Morgan fingerprint density at radius 3 is 2.39 bits per heavy atom. The predicted molar refractivity (Wildman–Crippen MR) is 81.6 cm³/mol. The van der Waals surface area contributed by atoms with E-state index in [0.717, 1.165) is 0 Å². The maximum Gasteiger partial charge on any atom is 0.303 e. The van der Waals surface area contributed by atoms with Crippen molar-refractivity contribution in [3.8, 4) is 0 Å². The third-order valence-electron chi connectivity index (χ3n) is 3.69. The molecule has 23 heavy (non-hydrogen) atoms. The molecule has 2 rings (SSSR count). The average molecular weight is 321 g/mol. The fourth-order valence-electron chi connectivity index (χ4n) is 2.44. The summed E-state index contributed by atoms with van der Waals surface area (Å²) in [6.07, 6.45) is 4.79. The Morgan fingerprint density at radius 1 is 1.13 bits per heavy atom. The normalized spacial score (nSPS) is 11.2. The second kappa shape index (κ2) is 7.52. The molecule has 0 unspecified atom stereocenters. The first-order chi connectivity index (χ1) is 11.0. The number of nitrogens with zero attached hydrogens (tertiary/aromatic N) is 4. The number of aromatic nitrogens is 4. The zero-order valence-electron chi connectivity index (χ0n) is 12.6. The first-order valence-corrected chi connectivity index (χ1v) is 7.32. The van der Waals surface area contributed by atoms with E-state index < -0.39 is 11.9 Å². The van der Waals surface area contributed by atoms with Crippen LogP contribution < -0.4 is 5.73 Å². The minimum Gasteiger partial charge on any atom is -0.481 e. The Bertz CT molecular complexity index is 682. The van der Waals surface area contributed by atoms with E-state index in [0.29, 0.717) is 37.0 Å². The van der Waals surface area contributed by atoms with Gasteiger partial charge in [0.15, 0.2) is 5.65 Å². The van der Waals surface area contributed by atoms with Crippen molar-refractivity contribution in [3.05, 3.63) is 12.5 Å². The lowest BCUT2D eigenvalue weighted by molar-refractivity contribution is -0.137. The van der Waals surface area contributed by atoms with Crippen LogP contribution in [0.3, 0.4) is 0 Å². The molecule has 0 saturated carbocycles. The highest BCUT2D eigenvalue weighted by atomic mass is 16.4. The number of aryl methyl sites for hydroxylation is 1. The summed E-state index contributed by atoms with van der Waals surface area (Å²) in [5.74, 6) is -1.58. The lowest BCUT2D eigenvalue weighted by Crippen LogP contribution is -2.11. The van der Waals surface area contributed by atoms with Crippen molar-refractivity contribution >= 4 is 29.1 Å². The molecule has 0 aliphatic heterocycles. The number of carboxylic acid groups (broad SMARTS) is 2. The number of anilines is 1. The standard InChI is InChI=1S/C14H19N5O4/c15-14-16-7-10-13(18-14)19(8-17-10)6-5-9(1-3-11(20)21)2-4-12(22)23/h7-9H,1-6H2,(H,20,21)(H,22,23)(H2,15,16,18). The smallest absolute Gasteiger partial charge is 0.303 e. The van der Waals surface area contributed by atoms with Crippen molar-refractivity contribution in [2.75, 3.05) is 5.73 Å². The molecule has 4 N–H and O–H groups in total. The number of nitrogen functional groups attached to an aromatic ring is 1. The molecule has 0 atom stereocenters. The summed E-state index contributed by atoms with van der Waals surface area (Å²) in [6, 6.07) is 0. The summed E-state index contributed by atoms with van der Waals surface area (Å²) >= 11 is 0. The summed E-state index contributed by atoms with van der Waals surface area (Å²) < 4.78 is 1.82. The average Bonchev–Trinajstić information content (AvgIpc) is 2.88. The lowest BCUT2D eigenvalue weighted by Gasteiger charge is -2.15. The van der Waals surface area contributed by atoms with Crippen molar-refractivity contribution in [2.24, 2.45) is 5.92 Å². The van der Waals surface area contributed by atoms with Crippen LogP contribution in [0.25, 0.3) is 11.2 Å². The number of imidazole rings is 1. The van der Waals surface area contributed by atoms with Crippen LogP contribution in [0.1, 0.15) is 32.1 Å². The Morgan fingerprint density at radius 2 is 1.78 bits per heavy atom. The van der Waals surface area contributed by atoms with Gasteiger partial charge in [-0.25, -0.2) is 9.97 Å². The second-order valence-corrected chi connectivity index (χ2v) is 5.39. The van der Waals surface area contributed by atoms with Gasteiger partial charge in [0.25, 0.3) is 0 Å². The van der Waals surface area contributed by atoms with Crippen molar-refractivity contribution in [1.82, 2.24) is 19.5 Å². The van der Waals surface area contributed by atoms with Gasteiger partial charge in [0.05, 0.1) is 12.5 Å². The molecule has 2 aromatic rings. The van der Waals surface area contributed by atoms with Gasteiger partial charge < -0.3 is 20.5 Å². The molecule has 0 aliphatic carbocycles. The summed E-state index contributed by atoms with van der Waals surface area (Å²) in [6.45, 7) is 0.566. The van der Waals surface area contributed by atoms with Crippen molar-refractivity contribution < 1.29 is 19.8 Å². The first kappa shape index (κ1) is 16.7.